The monoisotopic (exact) mass is 272 g/mol. The van der Waals surface area contributed by atoms with Gasteiger partial charge < -0.3 is 20.4 Å². The Morgan fingerprint density at radius 3 is 2.37 bits per heavy atom. The minimum atomic E-state index is -1.15. The Morgan fingerprint density at radius 2 is 1.95 bits per heavy atom. The highest BCUT2D eigenvalue weighted by atomic mass is 16.4. The first-order valence-electron chi connectivity index (χ1n) is 6.82. The van der Waals surface area contributed by atoms with E-state index in [-0.39, 0.29) is 13.2 Å². The largest absolute Gasteiger partial charge is 0.480 e. The van der Waals surface area contributed by atoms with Crippen molar-refractivity contribution < 1.29 is 19.8 Å². The van der Waals surface area contributed by atoms with Gasteiger partial charge >= 0.3 is 12.0 Å². The number of nitrogens with one attached hydrogen (secondary N) is 1. The molecule has 1 rings (SSSR count). The van der Waals surface area contributed by atoms with E-state index < -0.39 is 17.5 Å². The van der Waals surface area contributed by atoms with Gasteiger partial charge in [0.1, 0.15) is 5.54 Å². The number of urea groups is 1. The number of nitrogens with zero attached hydrogens (tertiary/aromatic N) is 1. The zero-order valence-corrected chi connectivity index (χ0v) is 11.7. The smallest absolute Gasteiger partial charge is 0.329 e. The number of carboxylic acid groups (broad SMARTS) is 1. The van der Waals surface area contributed by atoms with Gasteiger partial charge in [-0.05, 0) is 31.6 Å². The summed E-state index contributed by atoms with van der Waals surface area (Å²) in [5, 5.41) is 20.9. The van der Waals surface area contributed by atoms with E-state index in [1.54, 1.807) is 7.05 Å². The van der Waals surface area contributed by atoms with E-state index in [0.29, 0.717) is 18.8 Å². The molecule has 0 unspecified atom stereocenters. The third kappa shape index (κ3) is 3.83. The van der Waals surface area contributed by atoms with Gasteiger partial charge in [0.2, 0.25) is 0 Å². The molecule has 1 fully saturated rings. The average molecular weight is 272 g/mol. The van der Waals surface area contributed by atoms with Gasteiger partial charge in [-0.2, -0.15) is 0 Å². The number of likely N-dealkylation sites (N-methyl/N-ethyl adjacent to an activating group) is 1. The van der Waals surface area contributed by atoms with Crippen molar-refractivity contribution in [2.24, 2.45) is 5.92 Å². The van der Waals surface area contributed by atoms with E-state index in [1.165, 1.54) is 4.90 Å². The highest BCUT2D eigenvalue weighted by Gasteiger charge is 2.43. The second-order valence-corrected chi connectivity index (χ2v) is 5.31. The summed E-state index contributed by atoms with van der Waals surface area (Å²) in [6.45, 7) is 2.16. The molecular formula is C13H24N2O4. The van der Waals surface area contributed by atoms with Crippen molar-refractivity contribution in [3.8, 4) is 0 Å². The van der Waals surface area contributed by atoms with Crippen molar-refractivity contribution >= 4 is 12.0 Å². The molecule has 0 bridgehead atoms. The van der Waals surface area contributed by atoms with Crippen LogP contribution in [0, 0.1) is 5.92 Å². The van der Waals surface area contributed by atoms with Crippen LogP contribution in [0.2, 0.25) is 0 Å². The minimum absolute atomic E-state index is 0.137. The molecule has 3 N–H and O–H groups in total. The highest BCUT2D eigenvalue weighted by Crippen LogP contribution is 2.34. The molecule has 0 aromatic carbocycles. The second-order valence-electron chi connectivity index (χ2n) is 5.31. The highest BCUT2D eigenvalue weighted by molar-refractivity contribution is 5.86. The normalized spacial score (nSPS) is 26.8. The summed E-state index contributed by atoms with van der Waals surface area (Å²) in [7, 11) is 1.54. The fourth-order valence-corrected chi connectivity index (χ4v) is 2.52. The van der Waals surface area contributed by atoms with E-state index in [4.69, 9.17) is 5.11 Å². The summed E-state index contributed by atoms with van der Waals surface area (Å²) >= 11 is 0. The second kappa shape index (κ2) is 6.75. The number of rotatable bonds is 5. The van der Waals surface area contributed by atoms with Crippen LogP contribution < -0.4 is 5.32 Å². The molecule has 0 aromatic heterocycles. The molecule has 6 heteroatoms. The Kier molecular flexibility index (Phi) is 5.60. The van der Waals surface area contributed by atoms with Crippen LogP contribution in [-0.2, 0) is 4.79 Å². The fourth-order valence-electron chi connectivity index (χ4n) is 2.52. The molecule has 0 saturated heterocycles. The molecular weight excluding hydrogens is 248 g/mol. The molecule has 0 atom stereocenters. The van der Waals surface area contributed by atoms with Crippen LogP contribution in [-0.4, -0.2) is 52.9 Å². The zero-order chi connectivity index (χ0) is 14.5. The third-order valence-electron chi connectivity index (χ3n) is 4.07. The van der Waals surface area contributed by atoms with Gasteiger partial charge in [-0.1, -0.05) is 13.3 Å². The van der Waals surface area contributed by atoms with Crippen molar-refractivity contribution in [2.75, 3.05) is 20.2 Å². The van der Waals surface area contributed by atoms with Crippen molar-refractivity contribution in [1.82, 2.24) is 10.2 Å². The van der Waals surface area contributed by atoms with Crippen LogP contribution in [0.5, 0.6) is 0 Å². The fraction of sp³-hybridized carbons (Fsp3) is 0.846. The molecule has 0 radical (unpaired) electrons. The molecule has 110 valence electrons. The summed E-state index contributed by atoms with van der Waals surface area (Å²) in [6, 6.07) is -0.439. The Labute approximate surface area is 113 Å². The summed E-state index contributed by atoms with van der Waals surface area (Å²) < 4.78 is 0. The molecule has 6 nitrogen and oxygen atoms in total. The van der Waals surface area contributed by atoms with Crippen LogP contribution in [0.25, 0.3) is 0 Å². The van der Waals surface area contributed by atoms with E-state index in [1.807, 2.05) is 0 Å². The molecule has 0 heterocycles. The van der Waals surface area contributed by atoms with E-state index in [0.717, 1.165) is 19.3 Å². The first-order chi connectivity index (χ1) is 8.95. The Bertz CT molecular complexity index is 325. The summed E-state index contributed by atoms with van der Waals surface area (Å²) in [5.41, 5.74) is -1.15. The van der Waals surface area contributed by atoms with Crippen molar-refractivity contribution in [2.45, 2.75) is 44.6 Å². The maximum Gasteiger partial charge on any atom is 0.329 e. The number of amides is 2. The maximum absolute atomic E-state index is 11.9. The van der Waals surface area contributed by atoms with Gasteiger partial charge in [0, 0.05) is 13.6 Å². The van der Waals surface area contributed by atoms with Crippen LogP contribution in [0.4, 0.5) is 4.79 Å². The van der Waals surface area contributed by atoms with Gasteiger partial charge in [-0.3, -0.25) is 0 Å². The van der Waals surface area contributed by atoms with Crippen molar-refractivity contribution in [1.29, 1.82) is 0 Å². The maximum atomic E-state index is 11.9. The van der Waals surface area contributed by atoms with Crippen LogP contribution in [0.15, 0.2) is 0 Å². The van der Waals surface area contributed by atoms with Gasteiger partial charge in [0.05, 0.1) is 6.61 Å². The lowest BCUT2D eigenvalue weighted by Gasteiger charge is -2.38. The molecule has 1 aliphatic rings. The van der Waals surface area contributed by atoms with Gasteiger partial charge in [0.25, 0.3) is 0 Å². The summed E-state index contributed by atoms with van der Waals surface area (Å²) in [6.07, 6.45) is 3.65. The van der Waals surface area contributed by atoms with E-state index in [2.05, 4.69) is 12.2 Å². The van der Waals surface area contributed by atoms with E-state index in [9.17, 15) is 14.7 Å². The molecule has 1 saturated carbocycles. The molecule has 0 spiro atoms. The van der Waals surface area contributed by atoms with E-state index >= 15 is 0 Å². The number of carbonyl (C=O) groups is 2. The van der Waals surface area contributed by atoms with Crippen LogP contribution >= 0.6 is 0 Å². The number of carbonyl (C=O) groups excluding carboxylic acids is 1. The first-order valence-corrected chi connectivity index (χ1v) is 6.82. The number of aliphatic carboxylic acids is 1. The Hall–Kier alpha value is -1.30. The molecule has 19 heavy (non-hydrogen) atoms. The molecule has 2 amide bonds. The Balaban J connectivity index is 2.68. The average Bonchev–Trinajstić information content (AvgIpc) is 2.39. The summed E-state index contributed by atoms with van der Waals surface area (Å²) in [5.74, 6) is -0.410. The number of hydrogen-bond acceptors (Lipinski definition) is 3. The van der Waals surface area contributed by atoms with Crippen LogP contribution in [0.1, 0.15) is 39.0 Å². The predicted octanol–water partition coefficient (Wildman–Crippen LogP) is 1.04. The lowest BCUT2D eigenvalue weighted by molar-refractivity contribution is -0.146. The van der Waals surface area contributed by atoms with Crippen molar-refractivity contribution in [3.63, 3.8) is 0 Å². The molecule has 1 aliphatic carbocycles. The van der Waals surface area contributed by atoms with Gasteiger partial charge in [-0.25, -0.2) is 9.59 Å². The molecule has 0 aromatic rings. The standard InChI is InChI=1S/C13H24N2O4/c1-3-10-4-6-13(7-5-10,11(17)18)14-12(19)15(2)8-9-16/h10,16H,3-9H2,1-2H3,(H,14,19)(H,17,18). The lowest BCUT2D eigenvalue weighted by Crippen LogP contribution is -2.59. The lowest BCUT2D eigenvalue weighted by atomic mass is 9.75. The zero-order valence-electron chi connectivity index (χ0n) is 11.7. The van der Waals surface area contributed by atoms with Crippen LogP contribution in [0.3, 0.4) is 0 Å². The number of hydrogen-bond donors (Lipinski definition) is 3. The predicted molar refractivity (Wildman–Crippen MR) is 70.9 cm³/mol. The Morgan fingerprint density at radius 1 is 1.37 bits per heavy atom. The molecule has 0 aliphatic heterocycles. The number of carboxylic acids is 1. The third-order valence-corrected chi connectivity index (χ3v) is 4.07. The SMILES string of the molecule is CCC1CCC(NC(=O)N(C)CCO)(C(=O)O)CC1. The van der Waals surface area contributed by atoms with Crippen molar-refractivity contribution in [3.05, 3.63) is 0 Å². The number of aliphatic hydroxyl groups is 1. The number of aliphatic hydroxyl groups excluding tert-OH is 1. The van der Waals surface area contributed by atoms with Gasteiger partial charge in [0.15, 0.2) is 0 Å². The quantitative estimate of drug-likeness (QED) is 0.697. The summed E-state index contributed by atoms with van der Waals surface area (Å²) in [4.78, 5) is 24.7. The minimum Gasteiger partial charge on any atom is -0.480 e. The van der Waals surface area contributed by atoms with Gasteiger partial charge in [-0.15, -0.1) is 0 Å². The first kappa shape index (κ1) is 15.8. The topological polar surface area (TPSA) is 89.9 Å².